The first-order valence-electron chi connectivity index (χ1n) is 11.4. The van der Waals surface area contributed by atoms with E-state index in [0.29, 0.717) is 25.0 Å². The van der Waals surface area contributed by atoms with Crippen LogP contribution in [0, 0.1) is 11.8 Å². The molecular weight excluding hydrogens is 370 g/mol. The van der Waals surface area contributed by atoms with E-state index in [1.807, 2.05) is 27.7 Å². The number of hydrogen-bond donors (Lipinski definition) is 3. The van der Waals surface area contributed by atoms with Gasteiger partial charge >= 0.3 is 0 Å². The predicted molar refractivity (Wildman–Crippen MR) is 111 cm³/mol. The summed E-state index contributed by atoms with van der Waals surface area (Å²) in [5.41, 5.74) is -0.263. The molecule has 5 unspecified atom stereocenters. The molecule has 0 radical (unpaired) electrons. The van der Waals surface area contributed by atoms with E-state index in [9.17, 15) is 14.7 Å². The molecular formula is C22H39N3O4. The molecule has 2 aliphatic carbocycles. The van der Waals surface area contributed by atoms with E-state index in [2.05, 4.69) is 15.5 Å². The van der Waals surface area contributed by atoms with E-state index in [4.69, 9.17) is 4.74 Å². The number of nitrogens with one attached hydrogen (secondary N) is 2. The third kappa shape index (κ3) is 5.92. The predicted octanol–water partition coefficient (Wildman–Crippen LogP) is 1.78. The first-order valence-corrected chi connectivity index (χ1v) is 11.4. The Bertz CT molecular complexity index is 587. The zero-order chi connectivity index (χ0) is 21.2. The molecule has 0 bridgehead atoms. The first-order chi connectivity index (χ1) is 13.7. The topological polar surface area (TPSA) is 90.9 Å². The van der Waals surface area contributed by atoms with Crippen molar-refractivity contribution in [1.29, 1.82) is 0 Å². The molecule has 3 rings (SSSR count). The van der Waals surface area contributed by atoms with Gasteiger partial charge in [-0.25, -0.2) is 0 Å². The Kier molecular flexibility index (Phi) is 7.23. The van der Waals surface area contributed by atoms with Gasteiger partial charge in [-0.3, -0.25) is 14.5 Å². The summed E-state index contributed by atoms with van der Waals surface area (Å²) in [6, 6.07) is -0.616. The van der Waals surface area contributed by atoms with E-state index >= 15 is 0 Å². The standard InChI is InChI=1S/C22H39N3O4/c1-5-7-17(19(26)21(28)23-15-10-11-15)24-20(27)18-16-9-6-8-14(16)12-25(18)13-29-22(2,3)4/h14-19,26H,5-13H2,1-4H3,(H,23,28)(H,24,27). The summed E-state index contributed by atoms with van der Waals surface area (Å²) in [4.78, 5) is 27.8. The van der Waals surface area contributed by atoms with Crippen molar-refractivity contribution < 1.29 is 19.4 Å². The second-order valence-corrected chi connectivity index (χ2v) is 10.1. The Hall–Kier alpha value is -1.18. The molecule has 166 valence electrons. The smallest absolute Gasteiger partial charge is 0.251 e. The van der Waals surface area contributed by atoms with Gasteiger partial charge in [0.1, 0.15) is 6.73 Å². The van der Waals surface area contributed by atoms with Crippen molar-refractivity contribution in [2.45, 2.75) is 102 Å². The molecule has 2 saturated carbocycles. The van der Waals surface area contributed by atoms with Crippen LogP contribution >= 0.6 is 0 Å². The summed E-state index contributed by atoms with van der Waals surface area (Å²) < 4.78 is 5.98. The number of amides is 2. The summed E-state index contributed by atoms with van der Waals surface area (Å²) in [6.45, 7) is 9.36. The van der Waals surface area contributed by atoms with E-state index < -0.39 is 12.1 Å². The van der Waals surface area contributed by atoms with Gasteiger partial charge in [0.2, 0.25) is 5.91 Å². The van der Waals surface area contributed by atoms with Crippen molar-refractivity contribution in [3.8, 4) is 0 Å². The van der Waals surface area contributed by atoms with Crippen LogP contribution in [0.1, 0.15) is 72.6 Å². The fourth-order valence-electron chi connectivity index (χ4n) is 4.75. The van der Waals surface area contributed by atoms with Gasteiger partial charge in [0.15, 0.2) is 6.10 Å². The Labute approximate surface area is 174 Å². The molecule has 7 heteroatoms. The highest BCUT2D eigenvalue weighted by atomic mass is 16.5. The van der Waals surface area contributed by atoms with Gasteiger partial charge in [-0.2, -0.15) is 0 Å². The third-order valence-electron chi connectivity index (χ3n) is 6.42. The largest absolute Gasteiger partial charge is 0.381 e. The van der Waals surface area contributed by atoms with Crippen molar-refractivity contribution in [3.05, 3.63) is 0 Å². The second kappa shape index (κ2) is 9.31. The molecule has 2 amide bonds. The van der Waals surface area contributed by atoms with E-state index in [-0.39, 0.29) is 29.5 Å². The number of nitrogens with zero attached hydrogens (tertiary/aromatic N) is 1. The summed E-state index contributed by atoms with van der Waals surface area (Å²) in [6.07, 6.45) is 5.46. The van der Waals surface area contributed by atoms with Crippen molar-refractivity contribution in [2.24, 2.45) is 11.8 Å². The summed E-state index contributed by atoms with van der Waals surface area (Å²) in [5.74, 6) is 0.415. The molecule has 3 fully saturated rings. The SMILES string of the molecule is CCCC(NC(=O)C1C2CCCC2CN1COC(C)(C)C)C(O)C(=O)NC1CC1. The average Bonchev–Trinajstić information content (AvgIpc) is 3.21. The molecule has 1 heterocycles. The van der Waals surface area contributed by atoms with Gasteiger partial charge in [-0.15, -0.1) is 0 Å². The lowest BCUT2D eigenvalue weighted by Gasteiger charge is -2.32. The van der Waals surface area contributed by atoms with Crippen LogP contribution in [-0.2, 0) is 14.3 Å². The van der Waals surface area contributed by atoms with Gasteiger partial charge in [0.05, 0.1) is 17.7 Å². The van der Waals surface area contributed by atoms with Gasteiger partial charge in [0, 0.05) is 12.6 Å². The van der Waals surface area contributed by atoms with E-state index in [0.717, 1.165) is 45.1 Å². The van der Waals surface area contributed by atoms with Crippen molar-refractivity contribution >= 4 is 11.8 Å². The lowest BCUT2D eigenvalue weighted by atomic mass is 9.93. The maximum atomic E-state index is 13.3. The minimum absolute atomic E-state index is 0.0753. The number of ether oxygens (including phenoxy) is 1. The van der Waals surface area contributed by atoms with Gasteiger partial charge < -0.3 is 20.5 Å². The van der Waals surface area contributed by atoms with E-state index in [1.165, 1.54) is 0 Å². The Morgan fingerprint density at radius 3 is 2.55 bits per heavy atom. The normalized spacial score (nSPS) is 29.3. The molecule has 3 aliphatic rings. The monoisotopic (exact) mass is 409 g/mol. The Morgan fingerprint density at radius 1 is 1.21 bits per heavy atom. The quantitative estimate of drug-likeness (QED) is 0.540. The third-order valence-corrected chi connectivity index (χ3v) is 6.42. The molecule has 0 spiro atoms. The minimum Gasteiger partial charge on any atom is -0.381 e. The van der Waals surface area contributed by atoms with E-state index in [1.54, 1.807) is 0 Å². The number of aliphatic hydroxyl groups is 1. The fourth-order valence-corrected chi connectivity index (χ4v) is 4.75. The van der Waals surface area contributed by atoms with Crippen LogP contribution in [0.3, 0.4) is 0 Å². The van der Waals surface area contributed by atoms with Crippen LogP contribution in [0.4, 0.5) is 0 Å². The number of carbonyl (C=O) groups is 2. The lowest BCUT2D eigenvalue weighted by Crippen LogP contribution is -2.56. The van der Waals surface area contributed by atoms with Crippen molar-refractivity contribution in [1.82, 2.24) is 15.5 Å². The van der Waals surface area contributed by atoms with Crippen LogP contribution in [0.15, 0.2) is 0 Å². The number of hydrogen-bond acceptors (Lipinski definition) is 5. The molecule has 7 nitrogen and oxygen atoms in total. The molecule has 1 saturated heterocycles. The van der Waals surface area contributed by atoms with Crippen molar-refractivity contribution in [3.63, 3.8) is 0 Å². The number of rotatable bonds is 9. The summed E-state index contributed by atoms with van der Waals surface area (Å²) in [7, 11) is 0. The number of fused-ring (bicyclic) bond motifs is 1. The highest BCUT2D eigenvalue weighted by Crippen LogP contribution is 2.42. The zero-order valence-electron chi connectivity index (χ0n) is 18.4. The van der Waals surface area contributed by atoms with Crippen LogP contribution < -0.4 is 10.6 Å². The van der Waals surface area contributed by atoms with Gasteiger partial charge in [0.25, 0.3) is 5.91 Å². The van der Waals surface area contributed by atoms with Crippen LogP contribution in [0.2, 0.25) is 0 Å². The molecule has 0 aromatic heterocycles. The highest BCUT2D eigenvalue weighted by Gasteiger charge is 2.48. The highest BCUT2D eigenvalue weighted by molar-refractivity contribution is 5.86. The maximum absolute atomic E-state index is 13.3. The zero-order valence-corrected chi connectivity index (χ0v) is 18.4. The lowest BCUT2D eigenvalue weighted by molar-refractivity contribution is -0.136. The average molecular weight is 410 g/mol. The van der Waals surface area contributed by atoms with Crippen LogP contribution in [0.25, 0.3) is 0 Å². The van der Waals surface area contributed by atoms with Crippen LogP contribution in [-0.4, -0.2) is 64.9 Å². The molecule has 1 aliphatic heterocycles. The fraction of sp³-hybridized carbons (Fsp3) is 0.909. The molecule has 29 heavy (non-hydrogen) atoms. The Morgan fingerprint density at radius 2 is 1.93 bits per heavy atom. The first kappa shape index (κ1) is 22.5. The Balaban J connectivity index is 1.65. The number of carbonyl (C=O) groups excluding carboxylic acids is 2. The van der Waals surface area contributed by atoms with Crippen molar-refractivity contribution in [2.75, 3.05) is 13.3 Å². The molecule has 0 aromatic rings. The number of aliphatic hydroxyl groups excluding tert-OH is 1. The minimum atomic E-state index is -1.21. The molecule has 3 N–H and O–H groups in total. The van der Waals surface area contributed by atoms with Crippen LogP contribution in [0.5, 0.6) is 0 Å². The molecule has 5 atom stereocenters. The summed E-state index contributed by atoms with van der Waals surface area (Å²) in [5, 5.41) is 16.4. The van der Waals surface area contributed by atoms with Gasteiger partial charge in [-0.1, -0.05) is 19.8 Å². The van der Waals surface area contributed by atoms with Gasteiger partial charge in [-0.05, 0) is 64.7 Å². The molecule has 0 aromatic carbocycles. The number of likely N-dealkylation sites (tertiary alicyclic amines) is 1. The maximum Gasteiger partial charge on any atom is 0.251 e. The summed E-state index contributed by atoms with van der Waals surface area (Å²) >= 11 is 0. The second-order valence-electron chi connectivity index (χ2n) is 10.1.